The van der Waals surface area contributed by atoms with Crippen LogP contribution in [0.1, 0.15) is 10.4 Å². The molecule has 0 radical (unpaired) electrons. The minimum absolute atomic E-state index is 0.237. The van der Waals surface area contributed by atoms with Gasteiger partial charge in [-0.05, 0) is 40.2 Å². The lowest BCUT2D eigenvalue weighted by atomic mass is 10.1. The van der Waals surface area contributed by atoms with Crippen LogP contribution in [0.4, 0.5) is 5.82 Å². The Kier molecular flexibility index (Phi) is 2.32. The number of nitrogens with two attached hydrogens (primary N) is 1. The minimum atomic E-state index is -0.954. The second-order valence-electron chi connectivity index (χ2n) is 3.07. The normalized spacial score (nSPS) is 10.5. The van der Waals surface area contributed by atoms with E-state index in [4.69, 9.17) is 10.8 Å². The number of hydrogen-bond donors (Lipinski definition) is 2. The molecule has 0 aliphatic carbocycles. The number of hydrogen-bond acceptors (Lipinski definition) is 3. The molecule has 0 unspecified atom stereocenters. The van der Waals surface area contributed by atoms with Crippen LogP contribution in [0.2, 0.25) is 0 Å². The molecule has 1 aromatic heterocycles. The summed E-state index contributed by atoms with van der Waals surface area (Å²) in [5.41, 5.74) is 6.53. The monoisotopic (exact) mass is 266 g/mol. The van der Waals surface area contributed by atoms with Gasteiger partial charge in [0, 0.05) is 5.39 Å². The highest BCUT2D eigenvalue weighted by Gasteiger charge is 2.06. The molecule has 1 heterocycles. The number of aromatic carboxylic acids is 1. The molecular formula is C10H7BrN2O2. The fourth-order valence-electron chi connectivity index (χ4n) is 1.30. The molecule has 1 aromatic carbocycles. The van der Waals surface area contributed by atoms with Gasteiger partial charge in [0.15, 0.2) is 0 Å². The Hall–Kier alpha value is -1.62. The highest BCUT2D eigenvalue weighted by atomic mass is 79.9. The van der Waals surface area contributed by atoms with Gasteiger partial charge < -0.3 is 10.8 Å². The van der Waals surface area contributed by atoms with E-state index < -0.39 is 5.97 Å². The first-order valence-electron chi connectivity index (χ1n) is 4.17. The molecule has 15 heavy (non-hydrogen) atoms. The van der Waals surface area contributed by atoms with Gasteiger partial charge in [-0.15, -0.1) is 0 Å². The molecule has 0 saturated carbocycles. The predicted molar refractivity (Wildman–Crippen MR) is 60.8 cm³/mol. The van der Waals surface area contributed by atoms with Crippen LogP contribution >= 0.6 is 15.9 Å². The molecule has 0 saturated heterocycles. The first kappa shape index (κ1) is 9.92. The molecule has 4 nitrogen and oxygen atoms in total. The van der Waals surface area contributed by atoms with Crippen LogP contribution in [0.25, 0.3) is 10.9 Å². The van der Waals surface area contributed by atoms with Gasteiger partial charge in [-0.1, -0.05) is 0 Å². The smallest absolute Gasteiger partial charge is 0.335 e. The van der Waals surface area contributed by atoms with Crippen molar-refractivity contribution in [3.63, 3.8) is 0 Å². The average molecular weight is 267 g/mol. The predicted octanol–water partition coefficient (Wildman–Crippen LogP) is 2.28. The van der Waals surface area contributed by atoms with Crippen molar-refractivity contribution in [3.8, 4) is 0 Å². The molecule has 0 aliphatic heterocycles. The van der Waals surface area contributed by atoms with Crippen LogP contribution < -0.4 is 5.73 Å². The van der Waals surface area contributed by atoms with E-state index in [1.165, 1.54) is 6.07 Å². The lowest BCUT2D eigenvalue weighted by Crippen LogP contribution is -1.97. The van der Waals surface area contributed by atoms with Crippen molar-refractivity contribution < 1.29 is 9.90 Å². The van der Waals surface area contributed by atoms with Gasteiger partial charge >= 0.3 is 5.97 Å². The van der Waals surface area contributed by atoms with Gasteiger partial charge in [0.2, 0.25) is 0 Å². The number of aromatic nitrogens is 1. The lowest BCUT2D eigenvalue weighted by Gasteiger charge is -2.02. The van der Waals surface area contributed by atoms with E-state index in [0.29, 0.717) is 15.8 Å². The number of anilines is 1. The molecule has 0 fully saturated rings. The van der Waals surface area contributed by atoms with Gasteiger partial charge in [-0.25, -0.2) is 9.78 Å². The summed E-state index contributed by atoms with van der Waals surface area (Å²) >= 11 is 3.24. The second kappa shape index (κ2) is 3.51. The van der Waals surface area contributed by atoms with Gasteiger partial charge in [-0.3, -0.25) is 0 Å². The Morgan fingerprint density at radius 3 is 2.80 bits per heavy atom. The zero-order valence-electron chi connectivity index (χ0n) is 7.57. The molecule has 0 amide bonds. The van der Waals surface area contributed by atoms with Gasteiger partial charge in [0.05, 0.1) is 15.6 Å². The van der Waals surface area contributed by atoms with Crippen molar-refractivity contribution in [3.05, 3.63) is 34.3 Å². The molecule has 2 aromatic rings. The van der Waals surface area contributed by atoms with E-state index in [0.717, 1.165) is 5.39 Å². The van der Waals surface area contributed by atoms with Gasteiger partial charge in [0.1, 0.15) is 5.82 Å². The highest BCUT2D eigenvalue weighted by molar-refractivity contribution is 9.10. The Morgan fingerprint density at radius 2 is 2.13 bits per heavy atom. The number of nitrogens with zero attached hydrogens (tertiary/aromatic N) is 1. The minimum Gasteiger partial charge on any atom is -0.478 e. The Balaban J connectivity index is 2.72. The maximum absolute atomic E-state index is 10.7. The van der Waals surface area contributed by atoms with Crippen molar-refractivity contribution in [2.75, 3.05) is 5.73 Å². The van der Waals surface area contributed by atoms with Crippen LogP contribution in [0, 0.1) is 0 Å². The van der Waals surface area contributed by atoms with Crippen LogP contribution in [-0.4, -0.2) is 16.1 Å². The molecule has 2 rings (SSSR count). The number of carboxylic acids is 1. The maximum atomic E-state index is 10.7. The van der Waals surface area contributed by atoms with Crippen molar-refractivity contribution in [2.24, 2.45) is 0 Å². The van der Waals surface area contributed by atoms with E-state index >= 15 is 0 Å². The Morgan fingerprint density at radius 1 is 1.40 bits per heavy atom. The Labute approximate surface area is 93.9 Å². The van der Waals surface area contributed by atoms with E-state index in [1.807, 2.05) is 0 Å². The standard InChI is InChI=1S/C10H7BrN2O2/c11-7-4-6-3-5(10(14)15)1-2-8(6)13-9(7)12/h1-4H,(H2,12,13)(H,14,15). The third-order valence-corrected chi connectivity index (χ3v) is 2.68. The van der Waals surface area contributed by atoms with Crippen LogP contribution in [0.15, 0.2) is 28.7 Å². The number of fused-ring (bicyclic) bond motifs is 1. The summed E-state index contributed by atoms with van der Waals surface area (Å²) in [5.74, 6) is -0.560. The quantitative estimate of drug-likeness (QED) is 0.831. The molecule has 0 atom stereocenters. The van der Waals surface area contributed by atoms with Gasteiger partial charge in [0.25, 0.3) is 0 Å². The summed E-state index contributed by atoms with van der Waals surface area (Å²) in [7, 11) is 0. The van der Waals surface area contributed by atoms with Crippen molar-refractivity contribution in [2.45, 2.75) is 0 Å². The number of rotatable bonds is 1. The summed E-state index contributed by atoms with van der Waals surface area (Å²) in [4.78, 5) is 14.9. The van der Waals surface area contributed by atoms with Crippen LogP contribution in [0.5, 0.6) is 0 Å². The number of halogens is 1. The fourth-order valence-corrected chi connectivity index (χ4v) is 1.63. The third kappa shape index (κ3) is 1.78. The van der Waals surface area contributed by atoms with E-state index in [2.05, 4.69) is 20.9 Å². The Bertz CT molecular complexity index is 554. The summed E-state index contributed by atoms with van der Waals surface area (Å²) in [6, 6.07) is 6.46. The summed E-state index contributed by atoms with van der Waals surface area (Å²) in [6.45, 7) is 0. The molecule has 76 valence electrons. The average Bonchev–Trinajstić information content (AvgIpc) is 2.19. The molecule has 0 spiro atoms. The van der Waals surface area contributed by atoms with Gasteiger partial charge in [-0.2, -0.15) is 0 Å². The zero-order valence-corrected chi connectivity index (χ0v) is 9.15. The van der Waals surface area contributed by atoms with Crippen LogP contribution in [0.3, 0.4) is 0 Å². The fraction of sp³-hybridized carbons (Fsp3) is 0. The SMILES string of the molecule is Nc1nc2ccc(C(=O)O)cc2cc1Br. The van der Waals surface area contributed by atoms with Crippen molar-refractivity contribution in [1.82, 2.24) is 4.98 Å². The maximum Gasteiger partial charge on any atom is 0.335 e. The third-order valence-electron chi connectivity index (χ3n) is 2.04. The second-order valence-corrected chi connectivity index (χ2v) is 3.92. The largest absolute Gasteiger partial charge is 0.478 e. The molecule has 0 aliphatic rings. The van der Waals surface area contributed by atoms with E-state index in [-0.39, 0.29) is 5.56 Å². The first-order chi connectivity index (χ1) is 7.08. The van der Waals surface area contributed by atoms with Crippen LogP contribution in [-0.2, 0) is 0 Å². The lowest BCUT2D eigenvalue weighted by molar-refractivity contribution is 0.0697. The zero-order chi connectivity index (χ0) is 11.0. The van der Waals surface area contributed by atoms with E-state index in [9.17, 15) is 4.79 Å². The van der Waals surface area contributed by atoms with E-state index in [1.54, 1.807) is 18.2 Å². The highest BCUT2D eigenvalue weighted by Crippen LogP contribution is 2.23. The summed E-state index contributed by atoms with van der Waals surface area (Å²) in [6.07, 6.45) is 0. The summed E-state index contributed by atoms with van der Waals surface area (Å²) < 4.78 is 0.664. The molecule has 5 heteroatoms. The molecule has 0 bridgehead atoms. The van der Waals surface area contributed by atoms with Crippen molar-refractivity contribution in [1.29, 1.82) is 0 Å². The summed E-state index contributed by atoms with van der Waals surface area (Å²) in [5, 5.41) is 9.56. The molecule has 3 N–H and O–H groups in total. The number of benzene rings is 1. The number of pyridine rings is 1. The number of carbonyl (C=O) groups is 1. The topological polar surface area (TPSA) is 76.2 Å². The number of nitrogen functional groups attached to an aromatic ring is 1. The first-order valence-corrected chi connectivity index (χ1v) is 4.96. The van der Waals surface area contributed by atoms with Crippen molar-refractivity contribution >= 4 is 38.6 Å². The molecular weight excluding hydrogens is 260 g/mol. The number of carboxylic acid groups (broad SMARTS) is 1.